The quantitative estimate of drug-likeness (QED) is 0.629. The molecule has 2 N–H and O–H groups in total. The molecule has 0 spiro atoms. The maximum Gasteiger partial charge on any atom is 0.488 e. The first-order valence-electron chi connectivity index (χ1n) is 6.90. The van der Waals surface area contributed by atoms with Gasteiger partial charge in [0.1, 0.15) is 12.4 Å². The molecule has 0 saturated carbocycles. The zero-order valence-corrected chi connectivity index (χ0v) is 12.5. The molecule has 0 aliphatic heterocycles. The highest BCUT2D eigenvalue weighted by molar-refractivity contribution is 6.58. The number of rotatable bonds is 9. The predicted octanol–water partition coefficient (Wildman–Crippen LogP) is 0.102. The zero-order valence-electron chi connectivity index (χ0n) is 12.5. The lowest BCUT2D eigenvalue weighted by atomic mass is 9.80. The summed E-state index contributed by atoms with van der Waals surface area (Å²) in [7, 11) is 0.236. The van der Waals surface area contributed by atoms with Crippen LogP contribution in [-0.2, 0) is 4.74 Å². The van der Waals surface area contributed by atoms with Gasteiger partial charge in [0.2, 0.25) is 0 Å². The molecule has 0 aliphatic carbocycles. The molecule has 1 unspecified atom stereocenters. The van der Waals surface area contributed by atoms with E-state index in [9.17, 15) is 0 Å². The van der Waals surface area contributed by atoms with Gasteiger partial charge in [-0.25, -0.2) is 0 Å². The van der Waals surface area contributed by atoms with Crippen LogP contribution in [0.2, 0.25) is 0 Å². The van der Waals surface area contributed by atoms with Crippen molar-refractivity contribution in [2.45, 2.75) is 19.9 Å². The SMILES string of the molecule is CCN(CCOc1cccc(B(O)O)c1)C(C)COC. The van der Waals surface area contributed by atoms with Gasteiger partial charge in [-0.05, 0) is 31.1 Å². The highest BCUT2D eigenvalue weighted by Gasteiger charge is 2.13. The number of benzene rings is 1. The summed E-state index contributed by atoms with van der Waals surface area (Å²) >= 11 is 0. The summed E-state index contributed by atoms with van der Waals surface area (Å²) in [5, 5.41) is 18.2. The fraction of sp³-hybridized carbons (Fsp3) is 0.571. The van der Waals surface area contributed by atoms with E-state index in [1.807, 2.05) is 0 Å². The average molecular weight is 281 g/mol. The van der Waals surface area contributed by atoms with Crippen LogP contribution >= 0.6 is 0 Å². The van der Waals surface area contributed by atoms with Crippen LogP contribution in [0.25, 0.3) is 0 Å². The highest BCUT2D eigenvalue weighted by Crippen LogP contribution is 2.08. The van der Waals surface area contributed by atoms with Crippen molar-refractivity contribution in [1.82, 2.24) is 4.90 Å². The fourth-order valence-electron chi connectivity index (χ4n) is 2.08. The van der Waals surface area contributed by atoms with Gasteiger partial charge in [0.15, 0.2) is 0 Å². The van der Waals surface area contributed by atoms with Gasteiger partial charge in [0.25, 0.3) is 0 Å². The van der Waals surface area contributed by atoms with Crippen molar-refractivity contribution in [3.05, 3.63) is 24.3 Å². The van der Waals surface area contributed by atoms with Crippen molar-refractivity contribution >= 4 is 12.6 Å². The third kappa shape index (κ3) is 5.50. The number of hydrogen-bond donors (Lipinski definition) is 2. The summed E-state index contributed by atoms with van der Waals surface area (Å²) in [6.45, 7) is 7.20. The maximum absolute atomic E-state index is 9.11. The normalized spacial score (nSPS) is 12.5. The molecule has 0 aliphatic rings. The van der Waals surface area contributed by atoms with E-state index in [-0.39, 0.29) is 0 Å². The lowest BCUT2D eigenvalue weighted by Crippen LogP contribution is -2.38. The van der Waals surface area contributed by atoms with E-state index in [1.165, 1.54) is 0 Å². The number of likely N-dealkylation sites (N-methyl/N-ethyl adjacent to an activating group) is 1. The lowest BCUT2D eigenvalue weighted by Gasteiger charge is -2.27. The zero-order chi connectivity index (χ0) is 15.0. The molecule has 0 amide bonds. The largest absolute Gasteiger partial charge is 0.492 e. The van der Waals surface area contributed by atoms with Crippen molar-refractivity contribution in [1.29, 1.82) is 0 Å². The molecule has 6 heteroatoms. The van der Waals surface area contributed by atoms with Gasteiger partial charge in [0, 0.05) is 19.7 Å². The Kier molecular flexibility index (Phi) is 7.61. The smallest absolute Gasteiger partial charge is 0.488 e. The van der Waals surface area contributed by atoms with Gasteiger partial charge in [-0.2, -0.15) is 0 Å². The molecule has 20 heavy (non-hydrogen) atoms. The molecule has 0 radical (unpaired) electrons. The Labute approximate surface area is 121 Å². The Morgan fingerprint density at radius 2 is 2.10 bits per heavy atom. The van der Waals surface area contributed by atoms with Crippen molar-refractivity contribution < 1.29 is 19.5 Å². The van der Waals surface area contributed by atoms with Crippen molar-refractivity contribution in [3.63, 3.8) is 0 Å². The van der Waals surface area contributed by atoms with E-state index in [4.69, 9.17) is 19.5 Å². The van der Waals surface area contributed by atoms with Gasteiger partial charge in [0.05, 0.1) is 6.61 Å². The Morgan fingerprint density at radius 3 is 2.70 bits per heavy atom. The first kappa shape index (κ1) is 17.0. The van der Waals surface area contributed by atoms with Crippen LogP contribution in [0.15, 0.2) is 24.3 Å². The van der Waals surface area contributed by atoms with E-state index in [1.54, 1.807) is 31.4 Å². The van der Waals surface area contributed by atoms with E-state index >= 15 is 0 Å². The number of ether oxygens (including phenoxy) is 2. The molecule has 112 valence electrons. The third-order valence-corrected chi connectivity index (χ3v) is 3.24. The van der Waals surface area contributed by atoms with E-state index in [2.05, 4.69) is 18.7 Å². The van der Waals surface area contributed by atoms with Crippen LogP contribution in [0.5, 0.6) is 5.75 Å². The van der Waals surface area contributed by atoms with Crippen LogP contribution in [0.3, 0.4) is 0 Å². The van der Waals surface area contributed by atoms with Gasteiger partial charge in [-0.1, -0.05) is 19.1 Å². The van der Waals surface area contributed by atoms with E-state index < -0.39 is 7.12 Å². The average Bonchev–Trinajstić information content (AvgIpc) is 2.44. The Bertz CT molecular complexity index is 389. The Morgan fingerprint density at radius 1 is 1.35 bits per heavy atom. The van der Waals surface area contributed by atoms with Crippen molar-refractivity contribution in [2.75, 3.05) is 33.4 Å². The maximum atomic E-state index is 9.11. The summed E-state index contributed by atoms with van der Waals surface area (Å²) in [4.78, 5) is 2.27. The van der Waals surface area contributed by atoms with E-state index in [0.29, 0.717) is 30.5 Å². The van der Waals surface area contributed by atoms with Gasteiger partial charge >= 0.3 is 7.12 Å². The van der Waals surface area contributed by atoms with Crippen LogP contribution in [-0.4, -0.2) is 61.5 Å². The molecule has 0 aromatic heterocycles. The molecular formula is C14H24BNO4. The van der Waals surface area contributed by atoms with Crippen molar-refractivity contribution in [3.8, 4) is 5.75 Å². The first-order chi connectivity index (χ1) is 9.58. The second-order valence-electron chi connectivity index (χ2n) is 4.73. The Balaban J connectivity index is 2.44. The summed E-state index contributed by atoms with van der Waals surface area (Å²) in [5.74, 6) is 0.644. The Hall–Kier alpha value is -1.08. The summed E-state index contributed by atoms with van der Waals surface area (Å²) < 4.78 is 10.8. The number of hydrogen-bond acceptors (Lipinski definition) is 5. The molecule has 0 bridgehead atoms. The predicted molar refractivity (Wildman–Crippen MR) is 80.3 cm³/mol. The summed E-state index contributed by atoms with van der Waals surface area (Å²) in [5.41, 5.74) is 0.433. The van der Waals surface area contributed by atoms with Crippen LogP contribution in [0, 0.1) is 0 Å². The number of nitrogens with zero attached hydrogens (tertiary/aromatic N) is 1. The molecule has 1 rings (SSSR count). The highest BCUT2D eigenvalue weighted by atomic mass is 16.5. The van der Waals surface area contributed by atoms with E-state index in [0.717, 1.165) is 13.1 Å². The monoisotopic (exact) mass is 281 g/mol. The summed E-state index contributed by atoms with van der Waals surface area (Å²) in [6, 6.07) is 7.19. The standard InChI is InChI=1S/C14H24BNO4/c1-4-16(12(2)11-19-3)8-9-20-14-7-5-6-13(10-14)15(17)18/h5-7,10,12,17-18H,4,8-9,11H2,1-3H3. The molecule has 0 saturated heterocycles. The minimum atomic E-state index is -1.47. The number of methoxy groups -OCH3 is 1. The minimum Gasteiger partial charge on any atom is -0.492 e. The lowest BCUT2D eigenvalue weighted by molar-refractivity contribution is 0.0920. The second-order valence-corrected chi connectivity index (χ2v) is 4.73. The molecule has 0 heterocycles. The topological polar surface area (TPSA) is 62.2 Å². The fourth-order valence-corrected chi connectivity index (χ4v) is 2.08. The molecular weight excluding hydrogens is 257 g/mol. The van der Waals surface area contributed by atoms with Crippen LogP contribution in [0.4, 0.5) is 0 Å². The van der Waals surface area contributed by atoms with Crippen LogP contribution < -0.4 is 10.2 Å². The van der Waals surface area contributed by atoms with Gasteiger partial charge in [-0.3, -0.25) is 4.90 Å². The minimum absolute atomic E-state index is 0.346. The molecule has 1 aromatic rings. The summed E-state index contributed by atoms with van der Waals surface area (Å²) in [6.07, 6.45) is 0. The van der Waals surface area contributed by atoms with Gasteiger partial charge in [-0.15, -0.1) is 0 Å². The molecule has 1 atom stereocenters. The molecule has 0 fully saturated rings. The molecule has 1 aromatic carbocycles. The van der Waals surface area contributed by atoms with Crippen molar-refractivity contribution in [2.24, 2.45) is 0 Å². The second kappa shape index (κ2) is 8.97. The first-order valence-corrected chi connectivity index (χ1v) is 6.90. The van der Waals surface area contributed by atoms with Gasteiger partial charge < -0.3 is 19.5 Å². The third-order valence-electron chi connectivity index (χ3n) is 3.24. The molecule has 5 nitrogen and oxygen atoms in total. The van der Waals surface area contributed by atoms with Crippen LogP contribution in [0.1, 0.15) is 13.8 Å².